The standard InChI is InChI=1S/C14H24N2S2/c1-13(2,3)12-16-11(9-18-12)8-15-10-14(17-4)6-5-7-14/h9,15H,5-8,10H2,1-4H3. The van der Waals surface area contributed by atoms with Gasteiger partial charge in [-0.05, 0) is 19.1 Å². The summed E-state index contributed by atoms with van der Waals surface area (Å²) in [5.41, 5.74) is 1.37. The molecule has 1 aliphatic carbocycles. The van der Waals surface area contributed by atoms with Crippen molar-refractivity contribution in [2.45, 2.75) is 56.7 Å². The number of aromatic nitrogens is 1. The number of nitrogens with one attached hydrogen (secondary N) is 1. The second-order valence-electron chi connectivity index (χ2n) is 6.24. The zero-order valence-electron chi connectivity index (χ0n) is 11.9. The summed E-state index contributed by atoms with van der Waals surface area (Å²) >= 11 is 3.81. The number of thiazole rings is 1. The molecule has 4 heteroatoms. The van der Waals surface area contributed by atoms with Crippen molar-refractivity contribution >= 4 is 23.1 Å². The van der Waals surface area contributed by atoms with Crippen LogP contribution in [0.5, 0.6) is 0 Å². The highest BCUT2D eigenvalue weighted by atomic mass is 32.2. The topological polar surface area (TPSA) is 24.9 Å². The average molecular weight is 284 g/mol. The molecule has 1 aromatic rings. The van der Waals surface area contributed by atoms with Crippen LogP contribution in [-0.4, -0.2) is 22.5 Å². The summed E-state index contributed by atoms with van der Waals surface area (Å²) in [5, 5.41) is 7.02. The molecule has 1 heterocycles. The largest absolute Gasteiger partial charge is 0.310 e. The van der Waals surface area contributed by atoms with E-state index in [4.69, 9.17) is 4.98 Å². The number of thioether (sulfide) groups is 1. The first-order valence-corrected chi connectivity index (χ1v) is 8.76. The van der Waals surface area contributed by atoms with Gasteiger partial charge in [-0.25, -0.2) is 4.98 Å². The summed E-state index contributed by atoms with van der Waals surface area (Å²) in [6.45, 7) is 8.70. The fourth-order valence-corrected chi connectivity index (χ4v) is 4.03. The lowest BCUT2D eigenvalue weighted by Crippen LogP contribution is -2.43. The lowest BCUT2D eigenvalue weighted by atomic mass is 9.84. The van der Waals surface area contributed by atoms with Crippen LogP contribution in [0.15, 0.2) is 5.38 Å². The van der Waals surface area contributed by atoms with E-state index in [1.54, 1.807) is 11.3 Å². The van der Waals surface area contributed by atoms with Gasteiger partial charge in [0.2, 0.25) is 0 Å². The molecule has 1 N–H and O–H groups in total. The highest BCUT2D eigenvalue weighted by molar-refractivity contribution is 8.00. The Morgan fingerprint density at radius 2 is 2.17 bits per heavy atom. The van der Waals surface area contributed by atoms with E-state index in [1.165, 1.54) is 30.0 Å². The molecule has 2 rings (SSSR count). The van der Waals surface area contributed by atoms with E-state index < -0.39 is 0 Å². The summed E-state index contributed by atoms with van der Waals surface area (Å²) < 4.78 is 0.517. The Labute approximate surface area is 119 Å². The van der Waals surface area contributed by atoms with Gasteiger partial charge in [0.25, 0.3) is 0 Å². The van der Waals surface area contributed by atoms with E-state index in [2.05, 4.69) is 37.7 Å². The van der Waals surface area contributed by atoms with Crippen molar-refractivity contribution in [2.75, 3.05) is 12.8 Å². The lowest BCUT2D eigenvalue weighted by Gasteiger charge is -2.40. The lowest BCUT2D eigenvalue weighted by molar-refractivity contribution is 0.345. The maximum Gasteiger partial charge on any atom is 0.0982 e. The summed E-state index contributed by atoms with van der Waals surface area (Å²) in [5.74, 6) is 0. The van der Waals surface area contributed by atoms with Crippen molar-refractivity contribution in [1.29, 1.82) is 0 Å². The van der Waals surface area contributed by atoms with Crippen LogP contribution in [0.1, 0.15) is 50.7 Å². The van der Waals surface area contributed by atoms with E-state index in [1.807, 2.05) is 11.8 Å². The molecule has 2 nitrogen and oxygen atoms in total. The zero-order chi connectivity index (χ0) is 13.2. The molecular weight excluding hydrogens is 260 g/mol. The smallest absolute Gasteiger partial charge is 0.0982 e. The van der Waals surface area contributed by atoms with Crippen LogP contribution in [0.2, 0.25) is 0 Å². The summed E-state index contributed by atoms with van der Waals surface area (Å²) in [6, 6.07) is 0. The number of nitrogens with zero attached hydrogens (tertiary/aromatic N) is 1. The normalized spacial score (nSPS) is 18.7. The monoisotopic (exact) mass is 284 g/mol. The van der Waals surface area contributed by atoms with Crippen molar-refractivity contribution in [2.24, 2.45) is 0 Å². The predicted octanol–water partition coefficient (Wildman–Crippen LogP) is 3.82. The Morgan fingerprint density at radius 3 is 2.61 bits per heavy atom. The summed E-state index contributed by atoms with van der Waals surface area (Å²) in [4.78, 5) is 4.72. The summed E-state index contributed by atoms with van der Waals surface area (Å²) in [6.07, 6.45) is 6.37. The quantitative estimate of drug-likeness (QED) is 0.890. The minimum atomic E-state index is 0.178. The van der Waals surface area contributed by atoms with Crippen LogP contribution < -0.4 is 5.32 Å². The number of rotatable bonds is 5. The first-order chi connectivity index (χ1) is 8.45. The third kappa shape index (κ3) is 3.28. The fourth-order valence-electron chi connectivity index (χ4n) is 2.18. The van der Waals surface area contributed by atoms with Crippen LogP contribution >= 0.6 is 23.1 Å². The van der Waals surface area contributed by atoms with Gasteiger partial charge >= 0.3 is 0 Å². The molecule has 1 fully saturated rings. The SMILES string of the molecule is CSC1(CNCc2csc(C(C)(C)C)n2)CCC1. The molecule has 1 aromatic heterocycles. The highest BCUT2D eigenvalue weighted by Crippen LogP contribution is 2.42. The van der Waals surface area contributed by atoms with E-state index in [0.29, 0.717) is 4.75 Å². The zero-order valence-corrected chi connectivity index (χ0v) is 13.5. The minimum absolute atomic E-state index is 0.178. The Balaban J connectivity index is 1.82. The molecule has 0 unspecified atom stereocenters. The molecule has 18 heavy (non-hydrogen) atoms. The molecule has 0 aromatic carbocycles. The summed E-state index contributed by atoms with van der Waals surface area (Å²) in [7, 11) is 0. The van der Waals surface area contributed by atoms with Crippen LogP contribution in [0, 0.1) is 0 Å². The van der Waals surface area contributed by atoms with Crippen LogP contribution in [0.3, 0.4) is 0 Å². The van der Waals surface area contributed by atoms with Gasteiger partial charge in [-0.15, -0.1) is 11.3 Å². The van der Waals surface area contributed by atoms with Gasteiger partial charge in [-0.2, -0.15) is 11.8 Å². The molecule has 0 aliphatic heterocycles. The third-order valence-electron chi connectivity index (χ3n) is 3.64. The molecule has 0 atom stereocenters. The molecule has 1 aliphatic rings. The van der Waals surface area contributed by atoms with E-state index in [9.17, 15) is 0 Å². The van der Waals surface area contributed by atoms with Crippen molar-refractivity contribution < 1.29 is 0 Å². The molecule has 1 saturated carbocycles. The third-order valence-corrected chi connectivity index (χ3v) is 6.38. The second-order valence-corrected chi connectivity index (χ2v) is 8.37. The van der Waals surface area contributed by atoms with Gasteiger partial charge in [0.1, 0.15) is 0 Å². The van der Waals surface area contributed by atoms with Crippen molar-refractivity contribution in [3.8, 4) is 0 Å². The molecule has 0 saturated heterocycles. The molecule has 0 spiro atoms. The van der Waals surface area contributed by atoms with E-state index in [-0.39, 0.29) is 5.41 Å². The van der Waals surface area contributed by atoms with Crippen molar-refractivity contribution in [3.05, 3.63) is 16.1 Å². The van der Waals surface area contributed by atoms with E-state index >= 15 is 0 Å². The second kappa shape index (κ2) is 5.51. The van der Waals surface area contributed by atoms with Gasteiger partial charge in [0.15, 0.2) is 0 Å². The van der Waals surface area contributed by atoms with E-state index in [0.717, 1.165) is 13.1 Å². The Bertz CT molecular complexity index is 383. The molecular formula is C14H24N2S2. The van der Waals surface area contributed by atoms with Gasteiger partial charge in [0, 0.05) is 28.6 Å². The Kier molecular flexibility index (Phi) is 4.40. The predicted molar refractivity (Wildman–Crippen MR) is 82.6 cm³/mol. The maximum atomic E-state index is 4.72. The highest BCUT2D eigenvalue weighted by Gasteiger charge is 2.35. The average Bonchev–Trinajstić information content (AvgIpc) is 2.70. The number of hydrogen-bond donors (Lipinski definition) is 1. The molecule has 0 bridgehead atoms. The molecule has 0 amide bonds. The number of hydrogen-bond acceptors (Lipinski definition) is 4. The maximum absolute atomic E-state index is 4.72. The van der Waals surface area contributed by atoms with Crippen LogP contribution in [-0.2, 0) is 12.0 Å². The van der Waals surface area contributed by atoms with Gasteiger partial charge in [0.05, 0.1) is 10.7 Å². The Morgan fingerprint density at radius 1 is 1.44 bits per heavy atom. The van der Waals surface area contributed by atoms with Crippen LogP contribution in [0.4, 0.5) is 0 Å². The van der Waals surface area contributed by atoms with Gasteiger partial charge in [-0.1, -0.05) is 27.2 Å². The van der Waals surface area contributed by atoms with Crippen molar-refractivity contribution in [3.63, 3.8) is 0 Å². The fraction of sp³-hybridized carbons (Fsp3) is 0.786. The van der Waals surface area contributed by atoms with Gasteiger partial charge in [-0.3, -0.25) is 0 Å². The Hall–Kier alpha value is -0.0600. The first-order valence-electron chi connectivity index (χ1n) is 6.66. The van der Waals surface area contributed by atoms with Gasteiger partial charge < -0.3 is 5.32 Å². The first kappa shape index (κ1) is 14.4. The molecule has 102 valence electrons. The molecule has 0 radical (unpaired) electrons. The minimum Gasteiger partial charge on any atom is -0.310 e. The van der Waals surface area contributed by atoms with Crippen LogP contribution in [0.25, 0.3) is 0 Å². The van der Waals surface area contributed by atoms with Crippen molar-refractivity contribution in [1.82, 2.24) is 10.3 Å².